The number of thiol groups is 1. The predicted octanol–water partition coefficient (Wildman–Crippen LogP) is 4.13. The van der Waals surface area contributed by atoms with Crippen molar-refractivity contribution in [1.29, 1.82) is 0 Å². The number of rotatable bonds is 1. The minimum absolute atomic E-state index is 0. The molecule has 0 heterocycles. The summed E-state index contributed by atoms with van der Waals surface area (Å²) in [4.78, 5) is 1.09. The average Bonchev–Trinajstić information content (AvgIpc) is 1.88. The van der Waals surface area contributed by atoms with Gasteiger partial charge in [0.2, 0.25) is 0 Å². The molecule has 0 unspecified atom stereocenters. The summed E-state index contributed by atoms with van der Waals surface area (Å²) in [5.41, 5.74) is 1.32. The lowest BCUT2D eigenvalue weighted by atomic mass is 10.0. The third-order valence-electron chi connectivity index (χ3n) is 1.56. The highest BCUT2D eigenvalue weighted by molar-refractivity contribution is 7.80. The van der Waals surface area contributed by atoms with E-state index in [1.54, 1.807) is 0 Å². The molecule has 0 saturated carbocycles. The predicted molar refractivity (Wildman–Crippen MR) is 65.0 cm³/mol. The number of hydrogen-bond acceptors (Lipinski definition) is 1. The highest BCUT2D eigenvalue weighted by atomic mass is 35.5. The van der Waals surface area contributed by atoms with E-state index >= 15 is 0 Å². The molecule has 1 aromatic carbocycles. The molecule has 0 radical (unpaired) electrons. The van der Waals surface area contributed by atoms with Crippen LogP contribution < -0.4 is 0 Å². The Balaban J connectivity index is -0.0000000667. The normalized spacial score (nSPS) is 6.93. The smallest absolute Gasteiger partial charge is 0.00746 e. The van der Waals surface area contributed by atoms with Crippen molar-refractivity contribution in [1.82, 2.24) is 0 Å². The lowest BCUT2D eigenvalue weighted by Crippen LogP contribution is -1.87. The number of benzene rings is 1. The molecule has 1 aromatic rings. The molecule has 94 valence electrons. The molecule has 0 aliphatic carbocycles. The minimum atomic E-state index is 0. The van der Waals surface area contributed by atoms with Crippen LogP contribution in [0, 0.1) is 0 Å². The van der Waals surface area contributed by atoms with Gasteiger partial charge < -0.3 is 0 Å². The van der Waals surface area contributed by atoms with E-state index in [2.05, 4.69) is 38.6 Å². The van der Waals surface area contributed by atoms with Gasteiger partial charge in [0, 0.05) is 4.90 Å². The summed E-state index contributed by atoms with van der Waals surface area (Å²) < 4.78 is 0. The van der Waals surface area contributed by atoms with E-state index in [0.717, 1.165) is 4.90 Å². The first-order chi connectivity index (χ1) is 4.72. The minimum Gasteiger partial charge on any atom is -0.269 e. The van der Waals surface area contributed by atoms with Gasteiger partial charge >= 0.3 is 0 Å². The molecule has 0 aliphatic rings. The first kappa shape index (κ1) is 29.3. The van der Waals surface area contributed by atoms with E-state index in [9.17, 15) is 0 Å². The van der Waals surface area contributed by atoms with Gasteiger partial charge in [-0.3, -0.25) is 18.8 Å². The zero-order valence-corrected chi connectivity index (χ0v) is 10.1. The van der Waals surface area contributed by atoms with Crippen molar-refractivity contribution in [3.63, 3.8) is 0 Å². The van der Waals surface area contributed by atoms with E-state index in [1.807, 2.05) is 12.1 Å². The van der Waals surface area contributed by atoms with Gasteiger partial charge in [-0.2, -0.15) is 0 Å². The Bertz CT molecular complexity index is 233. The standard InChI is InChI=1S/C9H12S.ClH.4FH/c1-7(2)8-5-3-4-6-9(8)10;;;;;/h3-7,10H,1-2H3;5*1H. The fourth-order valence-corrected chi connectivity index (χ4v) is 1.39. The Morgan fingerprint density at radius 2 is 1.33 bits per heavy atom. The van der Waals surface area contributed by atoms with Crippen molar-refractivity contribution in [2.45, 2.75) is 24.7 Å². The quantitative estimate of drug-likeness (QED) is 0.575. The maximum Gasteiger partial charge on any atom is 0.00746 e. The monoisotopic (exact) mass is 268 g/mol. The van der Waals surface area contributed by atoms with E-state index in [4.69, 9.17) is 0 Å². The molecule has 0 atom stereocenters. The van der Waals surface area contributed by atoms with E-state index in [0.29, 0.717) is 5.92 Å². The molecule has 1 rings (SSSR count). The molecule has 0 amide bonds. The van der Waals surface area contributed by atoms with Crippen molar-refractivity contribution in [2.24, 2.45) is 0 Å². The van der Waals surface area contributed by atoms with E-state index in [1.165, 1.54) is 5.56 Å². The lowest BCUT2D eigenvalue weighted by Gasteiger charge is -2.06. The van der Waals surface area contributed by atoms with E-state index in [-0.39, 0.29) is 31.2 Å². The van der Waals surface area contributed by atoms with Crippen LogP contribution in [-0.2, 0) is 0 Å². The second-order valence-electron chi connectivity index (χ2n) is 2.71. The molecular weight excluding hydrogens is 252 g/mol. The molecule has 0 fully saturated rings. The van der Waals surface area contributed by atoms with Crippen molar-refractivity contribution < 1.29 is 18.8 Å². The summed E-state index contributed by atoms with van der Waals surface area (Å²) in [6.45, 7) is 4.35. The van der Waals surface area contributed by atoms with Crippen LogP contribution in [0.1, 0.15) is 25.3 Å². The second kappa shape index (κ2) is 13.6. The number of hydrogen-bond donors (Lipinski definition) is 1. The maximum absolute atomic E-state index is 4.34. The summed E-state index contributed by atoms with van der Waals surface area (Å²) >= 11 is 4.34. The third-order valence-corrected chi connectivity index (χ3v) is 1.97. The Morgan fingerprint density at radius 3 is 1.60 bits per heavy atom. The van der Waals surface area contributed by atoms with Gasteiger partial charge in [0.1, 0.15) is 0 Å². The van der Waals surface area contributed by atoms with E-state index < -0.39 is 0 Å². The Morgan fingerprint density at radius 1 is 0.933 bits per heavy atom. The molecule has 0 aliphatic heterocycles. The van der Waals surface area contributed by atoms with Crippen LogP contribution in [0.2, 0.25) is 0 Å². The molecule has 0 bridgehead atoms. The van der Waals surface area contributed by atoms with Crippen LogP contribution in [0.25, 0.3) is 0 Å². The van der Waals surface area contributed by atoms with Gasteiger partial charge in [-0.15, -0.1) is 25.0 Å². The number of halogens is 5. The van der Waals surface area contributed by atoms with Gasteiger partial charge in [0.15, 0.2) is 0 Å². The molecule has 0 nitrogen and oxygen atoms in total. The van der Waals surface area contributed by atoms with Crippen LogP contribution >= 0.6 is 25.0 Å². The van der Waals surface area contributed by atoms with Crippen LogP contribution in [0.3, 0.4) is 0 Å². The van der Waals surface area contributed by atoms with Crippen LogP contribution in [0.15, 0.2) is 29.2 Å². The van der Waals surface area contributed by atoms with Crippen molar-refractivity contribution in [2.75, 3.05) is 0 Å². The molecule has 0 aromatic heterocycles. The summed E-state index contributed by atoms with van der Waals surface area (Å²) in [5, 5.41) is 0. The summed E-state index contributed by atoms with van der Waals surface area (Å²) in [6.07, 6.45) is 0. The highest BCUT2D eigenvalue weighted by Crippen LogP contribution is 2.21. The topological polar surface area (TPSA) is 0 Å². The van der Waals surface area contributed by atoms with Crippen LogP contribution in [0.5, 0.6) is 0 Å². The summed E-state index contributed by atoms with van der Waals surface area (Å²) in [7, 11) is 0. The van der Waals surface area contributed by atoms with Gasteiger partial charge in [0.05, 0.1) is 0 Å². The molecule has 6 heteroatoms. The largest absolute Gasteiger partial charge is 0.269 e. The second-order valence-corrected chi connectivity index (χ2v) is 3.20. The third kappa shape index (κ3) is 8.57. The van der Waals surface area contributed by atoms with Crippen LogP contribution in [0.4, 0.5) is 18.8 Å². The van der Waals surface area contributed by atoms with Gasteiger partial charge in [-0.05, 0) is 17.5 Å². The molecular formula is C9H17ClF4S. The van der Waals surface area contributed by atoms with Crippen molar-refractivity contribution in [3.05, 3.63) is 29.8 Å². The molecule has 0 saturated heterocycles. The highest BCUT2D eigenvalue weighted by Gasteiger charge is 2.00. The fraction of sp³-hybridized carbons (Fsp3) is 0.333. The lowest BCUT2D eigenvalue weighted by molar-refractivity contribution is 0.843. The first-order valence-electron chi connectivity index (χ1n) is 3.49. The summed E-state index contributed by atoms with van der Waals surface area (Å²) in [5.74, 6) is 0.577. The maximum atomic E-state index is 4.34. The zero-order valence-electron chi connectivity index (χ0n) is 8.38. The molecule has 0 N–H and O–H groups in total. The molecule has 0 spiro atoms. The first-order valence-corrected chi connectivity index (χ1v) is 3.94. The van der Waals surface area contributed by atoms with Crippen LogP contribution in [-0.4, -0.2) is 0 Å². The Kier molecular flexibility index (Phi) is 26.5. The van der Waals surface area contributed by atoms with Gasteiger partial charge in [-0.25, -0.2) is 0 Å². The van der Waals surface area contributed by atoms with Gasteiger partial charge in [0.25, 0.3) is 0 Å². The summed E-state index contributed by atoms with van der Waals surface area (Å²) in [6, 6.07) is 8.20. The SMILES string of the molecule is CC(C)c1ccccc1S.Cl.F.F.F.F. The van der Waals surface area contributed by atoms with Crippen molar-refractivity contribution in [3.8, 4) is 0 Å². The van der Waals surface area contributed by atoms with Gasteiger partial charge in [-0.1, -0.05) is 32.0 Å². The fourth-order valence-electron chi connectivity index (χ4n) is 0.976. The average molecular weight is 269 g/mol. The van der Waals surface area contributed by atoms with Crippen molar-refractivity contribution >= 4 is 25.0 Å². The Labute approximate surface area is 98.7 Å². The zero-order chi connectivity index (χ0) is 7.56. The Hall–Kier alpha value is -0.420. The molecule has 15 heavy (non-hydrogen) atoms.